The number of nitrogens with zero attached hydrogens (tertiary/aromatic N) is 2. The summed E-state index contributed by atoms with van der Waals surface area (Å²) in [6.45, 7) is 3.84. The van der Waals surface area contributed by atoms with Crippen LogP contribution in [0.1, 0.15) is 55.5 Å². The second kappa shape index (κ2) is 11.7. The number of nitrogens with two attached hydrogens (primary N) is 1. The average Bonchev–Trinajstić information content (AvgIpc) is 3.60. The first-order chi connectivity index (χ1) is 16.8. The topological polar surface area (TPSA) is 134 Å². The van der Waals surface area contributed by atoms with Gasteiger partial charge in [0.15, 0.2) is 0 Å². The Hall–Kier alpha value is -2.18. The maximum atomic E-state index is 13.4. The molecule has 2 fully saturated rings. The predicted molar refractivity (Wildman–Crippen MR) is 140 cm³/mol. The molecule has 190 valence electrons. The molecule has 2 aromatic rings. The van der Waals surface area contributed by atoms with Gasteiger partial charge in [0, 0.05) is 44.2 Å². The number of hydrogen-bond acceptors (Lipinski definition) is 7. The Balaban J connectivity index is 1.31. The van der Waals surface area contributed by atoms with Crippen molar-refractivity contribution in [2.24, 2.45) is 11.7 Å². The molecule has 5 N–H and O–H groups in total. The number of aromatic hydroxyl groups is 1. The first kappa shape index (κ1) is 25.9. The summed E-state index contributed by atoms with van der Waals surface area (Å²) in [6, 6.07) is 7.06. The smallest absolute Gasteiger partial charge is 0.236 e. The van der Waals surface area contributed by atoms with E-state index in [9.17, 15) is 14.7 Å². The van der Waals surface area contributed by atoms with Crippen LogP contribution in [0.3, 0.4) is 0 Å². The molecule has 1 saturated heterocycles. The summed E-state index contributed by atoms with van der Waals surface area (Å²) in [5, 5.41) is 20.4. The predicted octanol–water partition coefficient (Wildman–Crippen LogP) is 2.27. The van der Waals surface area contributed by atoms with E-state index in [1.54, 1.807) is 13.0 Å². The molecule has 2 heterocycles. The molecule has 9 nitrogen and oxygen atoms in total. The third-order valence-corrected chi connectivity index (χ3v) is 7.58. The summed E-state index contributed by atoms with van der Waals surface area (Å²) in [4.78, 5) is 27.4. The van der Waals surface area contributed by atoms with Gasteiger partial charge in [-0.25, -0.2) is 0 Å². The molecule has 2 atom stereocenters. The number of carbonyl (C=O) groups excluding carboxylic acids is 2. The molecule has 10 heteroatoms. The Bertz CT molecular complexity index is 1030. The number of phenols is 1. The molecule has 1 aromatic heterocycles. The van der Waals surface area contributed by atoms with Crippen LogP contribution in [0.5, 0.6) is 5.75 Å². The standard InChI is InChI=1S/C25H34IN5O4/c1-15(27)24(33)29-13-18(10-16-2-5-22(32)21(26)11-16)25(34)31-8-6-19(7-9-31)28-14-20-12-23(35-30-20)17-3-4-17/h2,5,11-12,15,17-19,28,32H,3-4,6-10,13-14,27H2,1H3,(H,29,33)/t15-,18+/m0/s1. The highest BCUT2D eigenvalue weighted by Crippen LogP contribution is 2.40. The number of phenolic OH excluding ortho intramolecular Hbond substituents is 1. The van der Waals surface area contributed by atoms with Crippen molar-refractivity contribution in [3.8, 4) is 5.75 Å². The molecule has 4 rings (SSSR count). The summed E-state index contributed by atoms with van der Waals surface area (Å²) in [7, 11) is 0. The summed E-state index contributed by atoms with van der Waals surface area (Å²) in [5.41, 5.74) is 7.55. The minimum absolute atomic E-state index is 0.0297. The largest absolute Gasteiger partial charge is 0.507 e. The zero-order valence-corrected chi connectivity index (χ0v) is 22.2. The number of aromatic nitrogens is 1. The second-order valence-corrected chi connectivity index (χ2v) is 10.9. The quantitative estimate of drug-likeness (QED) is 0.310. The SMILES string of the molecule is C[C@H](N)C(=O)NC[C@@H](Cc1ccc(O)c(I)c1)C(=O)N1CCC(NCc2cc(C3CC3)on2)CC1. The molecular weight excluding hydrogens is 561 g/mol. The van der Waals surface area contributed by atoms with E-state index >= 15 is 0 Å². The van der Waals surface area contributed by atoms with E-state index in [-0.39, 0.29) is 24.1 Å². The maximum Gasteiger partial charge on any atom is 0.236 e. The van der Waals surface area contributed by atoms with Gasteiger partial charge in [0.25, 0.3) is 0 Å². The van der Waals surface area contributed by atoms with Crippen molar-refractivity contribution in [2.45, 2.75) is 63.6 Å². The normalized spacial score (nSPS) is 18.3. The number of amides is 2. The lowest BCUT2D eigenvalue weighted by Crippen LogP contribution is -2.49. The average molecular weight is 595 g/mol. The minimum atomic E-state index is -0.632. The van der Waals surface area contributed by atoms with Gasteiger partial charge in [0.05, 0.1) is 21.2 Å². The van der Waals surface area contributed by atoms with E-state index in [1.165, 1.54) is 12.8 Å². The van der Waals surface area contributed by atoms with Gasteiger partial charge in [-0.2, -0.15) is 0 Å². The molecule has 0 unspecified atom stereocenters. The molecular formula is C25H34IN5O4. The Labute approximate surface area is 219 Å². The van der Waals surface area contributed by atoms with Gasteiger partial charge in [-0.1, -0.05) is 11.2 Å². The lowest BCUT2D eigenvalue weighted by Gasteiger charge is -2.34. The number of halogens is 1. The van der Waals surface area contributed by atoms with E-state index in [2.05, 4.69) is 44.4 Å². The Morgan fingerprint density at radius 1 is 1.26 bits per heavy atom. The Kier molecular flexibility index (Phi) is 8.66. The van der Waals surface area contributed by atoms with Crippen molar-refractivity contribution in [1.29, 1.82) is 0 Å². The minimum Gasteiger partial charge on any atom is -0.507 e. The van der Waals surface area contributed by atoms with Crippen molar-refractivity contribution < 1.29 is 19.2 Å². The molecule has 2 aliphatic rings. The van der Waals surface area contributed by atoms with Crippen LogP contribution in [0.4, 0.5) is 0 Å². The van der Waals surface area contributed by atoms with Crippen LogP contribution >= 0.6 is 22.6 Å². The summed E-state index contributed by atoms with van der Waals surface area (Å²) < 4.78 is 6.16. The highest BCUT2D eigenvalue weighted by molar-refractivity contribution is 14.1. The van der Waals surface area contributed by atoms with Gasteiger partial charge in [-0.3, -0.25) is 9.59 Å². The van der Waals surface area contributed by atoms with Crippen molar-refractivity contribution in [1.82, 2.24) is 20.7 Å². The van der Waals surface area contributed by atoms with Gasteiger partial charge < -0.3 is 30.9 Å². The first-order valence-corrected chi connectivity index (χ1v) is 13.4. The molecule has 0 spiro atoms. The fourth-order valence-corrected chi connectivity index (χ4v) is 4.96. The third-order valence-electron chi connectivity index (χ3n) is 6.72. The molecule has 0 bridgehead atoms. The highest BCUT2D eigenvalue weighted by atomic mass is 127. The number of benzene rings is 1. The fraction of sp³-hybridized carbons (Fsp3) is 0.560. The van der Waals surface area contributed by atoms with Crippen LogP contribution in [0.15, 0.2) is 28.8 Å². The molecule has 2 amide bonds. The molecule has 1 saturated carbocycles. The zero-order valence-electron chi connectivity index (χ0n) is 20.0. The van der Waals surface area contributed by atoms with Crippen molar-refractivity contribution in [2.75, 3.05) is 19.6 Å². The second-order valence-electron chi connectivity index (χ2n) is 9.70. The van der Waals surface area contributed by atoms with Gasteiger partial charge in [0.1, 0.15) is 11.5 Å². The van der Waals surface area contributed by atoms with Crippen LogP contribution in [0, 0.1) is 9.49 Å². The summed E-state index contributed by atoms with van der Waals surface area (Å²) in [5.74, 6) is 1.12. The van der Waals surface area contributed by atoms with Crippen molar-refractivity contribution >= 4 is 34.4 Å². The van der Waals surface area contributed by atoms with Crippen LogP contribution < -0.4 is 16.4 Å². The molecule has 0 radical (unpaired) electrons. The number of hydrogen-bond donors (Lipinski definition) is 4. The first-order valence-electron chi connectivity index (χ1n) is 12.3. The Morgan fingerprint density at radius 2 is 2.00 bits per heavy atom. The van der Waals surface area contributed by atoms with E-state index < -0.39 is 12.0 Å². The van der Waals surface area contributed by atoms with E-state index in [0.717, 1.165) is 33.4 Å². The molecule has 1 aliphatic carbocycles. The Morgan fingerprint density at radius 3 is 2.66 bits per heavy atom. The molecule has 1 aliphatic heterocycles. The highest BCUT2D eigenvalue weighted by Gasteiger charge is 2.30. The lowest BCUT2D eigenvalue weighted by atomic mass is 9.95. The monoisotopic (exact) mass is 595 g/mol. The van der Waals surface area contributed by atoms with Crippen LogP contribution in [0.25, 0.3) is 0 Å². The van der Waals surface area contributed by atoms with E-state index in [1.807, 2.05) is 17.0 Å². The number of likely N-dealkylation sites (tertiary alicyclic amines) is 1. The summed E-state index contributed by atoms with van der Waals surface area (Å²) >= 11 is 2.07. The maximum absolute atomic E-state index is 13.4. The van der Waals surface area contributed by atoms with Gasteiger partial charge >= 0.3 is 0 Å². The van der Waals surface area contributed by atoms with Gasteiger partial charge in [0.2, 0.25) is 11.8 Å². The van der Waals surface area contributed by atoms with Crippen molar-refractivity contribution in [3.05, 3.63) is 44.9 Å². The lowest BCUT2D eigenvalue weighted by molar-refractivity contribution is -0.136. The van der Waals surface area contributed by atoms with Gasteiger partial charge in [-0.15, -0.1) is 0 Å². The fourth-order valence-electron chi connectivity index (χ4n) is 4.38. The van der Waals surface area contributed by atoms with Crippen molar-refractivity contribution in [3.63, 3.8) is 0 Å². The number of carbonyl (C=O) groups is 2. The third kappa shape index (κ3) is 7.17. The zero-order chi connectivity index (χ0) is 24.9. The van der Waals surface area contributed by atoms with Crippen LogP contribution in [0.2, 0.25) is 0 Å². The van der Waals surface area contributed by atoms with Crippen LogP contribution in [-0.4, -0.2) is 58.7 Å². The molecule has 1 aromatic carbocycles. The van der Waals surface area contributed by atoms with E-state index in [4.69, 9.17) is 10.3 Å². The van der Waals surface area contributed by atoms with Gasteiger partial charge in [-0.05, 0) is 79.3 Å². The van der Waals surface area contributed by atoms with Crippen LogP contribution in [-0.2, 0) is 22.6 Å². The number of nitrogens with one attached hydrogen (secondary N) is 2. The summed E-state index contributed by atoms with van der Waals surface area (Å²) in [6.07, 6.45) is 4.57. The molecule has 35 heavy (non-hydrogen) atoms. The van der Waals surface area contributed by atoms with E-state index in [0.29, 0.717) is 38.0 Å². The number of rotatable bonds is 10. The number of piperidine rings is 1.